The van der Waals surface area contributed by atoms with Crippen molar-refractivity contribution in [3.05, 3.63) is 16.1 Å². The predicted octanol–water partition coefficient (Wildman–Crippen LogP) is 2.26. The third-order valence-corrected chi connectivity index (χ3v) is 3.58. The van der Waals surface area contributed by atoms with Crippen LogP contribution in [0.3, 0.4) is 0 Å². The van der Waals surface area contributed by atoms with Crippen molar-refractivity contribution in [2.24, 2.45) is 0 Å². The summed E-state index contributed by atoms with van der Waals surface area (Å²) in [6.45, 7) is 5.55. The van der Waals surface area contributed by atoms with Crippen LogP contribution in [0.4, 0.5) is 0 Å². The molecule has 0 saturated carbocycles. The molecule has 0 fully saturated rings. The van der Waals surface area contributed by atoms with E-state index in [1.165, 1.54) is 4.88 Å². The molecule has 1 heterocycles. The maximum absolute atomic E-state index is 8.63. The van der Waals surface area contributed by atoms with Crippen LogP contribution in [0.25, 0.3) is 0 Å². The molecule has 0 aliphatic carbocycles. The number of hydrogen-bond donors (Lipinski definition) is 2. The van der Waals surface area contributed by atoms with E-state index in [0.29, 0.717) is 12.6 Å². The lowest BCUT2D eigenvalue weighted by atomic mass is 10.2. The average Bonchev–Trinajstić information content (AvgIpc) is 2.64. The maximum atomic E-state index is 8.63. The van der Waals surface area contributed by atoms with Crippen molar-refractivity contribution < 1.29 is 5.11 Å². The van der Waals surface area contributed by atoms with Gasteiger partial charge in [0.1, 0.15) is 0 Å². The van der Waals surface area contributed by atoms with E-state index < -0.39 is 0 Å². The molecule has 0 aliphatic heterocycles. The van der Waals surface area contributed by atoms with Gasteiger partial charge in [0, 0.05) is 17.5 Å². The fourth-order valence-electron chi connectivity index (χ4n) is 1.55. The first-order valence-electron chi connectivity index (χ1n) is 5.50. The van der Waals surface area contributed by atoms with Crippen LogP contribution < -0.4 is 5.32 Å². The SMILES string of the molecule is Cc1ncsc1C(C)NCCCCCO. The molecule has 1 aromatic heterocycles. The highest BCUT2D eigenvalue weighted by Crippen LogP contribution is 2.20. The van der Waals surface area contributed by atoms with Gasteiger partial charge in [-0.3, -0.25) is 0 Å². The van der Waals surface area contributed by atoms with Gasteiger partial charge in [0.15, 0.2) is 0 Å². The lowest BCUT2D eigenvalue weighted by molar-refractivity contribution is 0.282. The van der Waals surface area contributed by atoms with E-state index in [2.05, 4.69) is 24.1 Å². The van der Waals surface area contributed by atoms with Crippen molar-refractivity contribution in [1.29, 1.82) is 0 Å². The van der Waals surface area contributed by atoms with E-state index >= 15 is 0 Å². The molecule has 0 aliphatic rings. The fraction of sp³-hybridized carbons (Fsp3) is 0.727. The van der Waals surface area contributed by atoms with E-state index in [4.69, 9.17) is 5.11 Å². The van der Waals surface area contributed by atoms with Crippen molar-refractivity contribution in [2.75, 3.05) is 13.2 Å². The lowest BCUT2D eigenvalue weighted by Gasteiger charge is -2.12. The van der Waals surface area contributed by atoms with Crippen LogP contribution in [0.5, 0.6) is 0 Å². The molecule has 4 heteroatoms. The summed E-state index contributed by atoms with van der Waals surface area (Å²) in [6.07, 6.45) is 3.14. The van der Waals surface area contributed by atoms with Gasteiger partial charge in [-0.25, -0.2) is 4.98 Å². The summed E-state index contributed by atoms with van der Waals surface area (Å²) in [4.78, 5) is 5.57. The molecule has 3 nitrogen and oxygen atoms in total. The summed E-state index contributed by atoms with van der Waals surface area (Å²) in [5.74, 6) is 0. The van der Waals surface area contributed by atoms with Crippen LogP contribution >= 0.6 is 11.3 Å². The zero-order valence-electron chi connectivity index (χ0n) is 9.49. The molecule has 2 N–H and O–H groups in total. The summed E-state index contributed by atoms with van der Waals surface area (Å²) >= 11 is 1.71. The van der Waals surface area contributed by atoms with Crippen molar-refractivity contribution in [2.45, 2.75) is 39.2 Å². The normalized spacial score (nSPS) is 13.0. The van der Waals surface area contributed by atoms with Crippen LogP contribution in [0.1, 0.15) is 42.8 Å². The first-order valence-corrected chi connectivity index (χ1v) is 6.38. The molecule has 0 spiro atoms. The molecule has 0 aromatic carbocycles. The second kappa shape index (κ2) is 6.93. The summed E-state index contributed by atoms with van der Waals surface area (Å²) in [5.41, 5.74) is 3.03. The highest BCUT2D eigenvalue weighted by molar-refractivity contribution is 7.09. The highest BCUT2D eigenvalue weighted by atomic mass is 32.1. The third-order valence-electron chi connectivity index (χ3n) is 2.46. The Kier molecular flexibility index (Phi) is 5.83. The minimum absolute atomic E-state index is 0.309. The van der Waals surface area contributed by atoms with Crippen LogP contribution in [0.2, 0.25) is 0 Å². The van der Waals surface area contributed by atoms with E-state index in [1.54, 1.807) is 11.3 Å². The maximum Gasteiger partial charge on any atom is 0.0798 e. The Morgan fingerprint density at radius 2 is 2.27 bits per heavy atom. The Balaban J connectivity index is 2.19. The van der Waals surface area contributed by atoms with Gasteiger partial charge in [-0.2, -0.15) is 0 Å². The van der Waals surface area contributed by atoms with E-state index in [-0.39, 0.29) is 0 Å². The summed E-state index contributed by atoms with van der Waals surface area (Å²) in [5, 5.41) is 12.1. The van der Waals surface area contributed by atoms with Gasteiger partial charge < -0.3 is 10.4 Å². The van der Waals surface area contributed by atoms with E-state index in [9.17, 15) is 0 Å². The molecule has 1 unspecified atom stereocenters. The van der Waals surface area contributed by atoms with E-state index in [1.807, 2.05) is 5.51 Å². The molecule has 0 bridgehead atoms. The van der Waals surface area contributed by atoms with Gasteiger partial charge in [-0.1, -0.05) is 0 Å². The number of unbranched alkanes of at least 4 members (excludes halogenated alkanes) is 2. The first kappa shape index (κ1) is 12.6. The number of aromatic nitrogens is 1. The smallest absolute Gasteiger partial charge is 0.0798 e. The summed E-state index contributed by atoms with van der Waals surface area (Å²) < 4.78 is 0. The topological polar surface area (TPSA) is 45.2 Å². The average molecular weight is 228 g/mol. The van der Waals surface area contributed by atoms with Gasteiger partial charge in [0.05, 0.1) is 11.2 Å². The van der Waals surface area contributed by atoms with Crippen molar-refractivity contribution in [3.63, 3.8) is 0 Å². The fourth-order valence-corrected chi connectivity index (χ4v) is 2.39. The second-order valence-electron chi connectivity index (χ2n) is 3.76. The Labute approximate surface area is 95.6 Å². The number of aliphatic hydroxyl groups excluding tert-OH is 1. The molecular weight excluding hydrogens is 208 g/mol. The molecule has 86 valence electrons. The number of hydrogen-bond acceptors (Lipinski definition) is 4. The number of nitrogens with zero attached hydrogens (tertiary/aromatic N) is 1. The third kappa shape index (κ3) is 4.28. The number of rotatable bonds is 7. The zero-order valence-corrected chi connectivity index (χ0v) is 10.3. The van der Waals surface area contributed by atoms with Crippen LogP contribution in [0.15, 0.2) is 5.51 Å². The zero-order chi connectivity index (χ0) is 11.1. The summed E-state index contributed by atoms with van der Waals surface area (Å²) in [7, 11) is 0. The van der Waals surface area contributed by atoms with Gasteiger partial charge in [0.2, 0.25) is 0 Å². The Bertz CT molecular complexity index is 275. The minimum atomic E-state index is 0.309. The van der Waals surface area contributed by atoms with Crippen LogP contribution in [-0.4, -0.2) is 23.2 Å². The first-order chi connectivity index (χ1) is 7.25. The molecule has 0 saturated heterocycles. The van der Waals surface area contributed by atoms with Crippen LogP contribution in [0, 0.1) is 6.92 Å². The van der Waals surface area contributed by atoms with Gasteiger partial charge in [-0.15, -0.1) is 11.3 Å². The number of nitrogens with one attached hydrogen (secondary N) is 1. The van der Waals surface area contributed by atoms with E-state index in [0.717, 1.165) is 31.5 Å². The van der Waals surface area contributed by atoms with Crippen LogP contribution in [-0.2, 0) is 0 Å². The molecule has 0 radical (unpaired) electrons. The predicted molar refractivity (Wildman–Crippen MR) is 64.2 cm³/mol. The molecule has 1 rings (SSSR count). The highest BCUT2D eigenvalue weighted by Gasteiger charge is 2.09. The number of aryl methyl sites for hydroxylation is 1. The van der Waals surface area contributed by atoms with Crippen molar-refractivity contribution >= 4 is 11.3 Å². The second-order valence-corrected chi connectivity index (χ2v) is 4.65. The Hall–Kier alpha value is -0.450. The minimum Gasteiger partial charge on any atom is -0.396 e. The quantitative estimate of drug-likeness (QED) is 0.704. The molecule has 0 amide bonds. The number of thiazole rings is 1. The standard InChI is InChI=1S/C11H20N2OS/c1-9(11-10(2)13-8-15-11)12-6-4-3-5-7-14/h8-9,12,14H,3-7H2,1-2H3. The largest absolute Gasteiger partial charge is 0.396 e. The van der Waals surface area contributed by atoms with Crippen molar-refractivity contribution in [3.8, 4) is 0 Å². The molecule has 1 atom stereocenters. The number of aliphatic hydroxyl groups is 1. The molecule has 1 aromatic rings. The van der Waals surface area contributed by atoms with Gasteiger partial charge in [0.25, 0.3) is 0 Å². The lowest BCUT2D eigenvalue weighted by Crippen LogP contribution is -2.19. The molecule has 15 heavy (non-hydrogen) atoms. The van der Waals surface area contributed by atoms with Crippen molar-refractivity contribution in [1.82, 2.24) is 10.3 Å². The Morgan fingerprint density at radius 1 is 1.47 bits per heavy atom. The van der Waals surface area contributed by atoms with Gasteiger partial charge >= 0.3 is 0 Å². The van der Waals surface area contributed by atoms with Gasteiger partial charge in [-0.05, 0) is 39.7 Å². The summed E-state index contributed by atoms with van der Waals surface area (Å²) in [6, 6.07) is 0.395. The molecular formula is C11H20N2OS. The monoisotopic (exact) mass is 228 g/mol. The Morgan fingerprint density at radius 3 is 2.87 bits per heavy atom.